The minimum atomic E-state index is -0.594. The van der Waals surface area contributed by atoms with E-state index < -0.39 is 5.82 Å². The molecule has 5 heteroatoms. The number of hydrogen-bond acceptors (Lipinski definition) is 3. The average molecular weight is 221 g/mol. The average Bonchev–Trinajstić information content (AvgIpc) is 2.27. The van der Waals surface area contributed by atoms with Gasteiger partial charge in [0.25, 0.3) is 0 Å². The van der Waals surface area contributed by atoms with E-state index >= 15 is 0 Å². The van der Waals surface area contributed by atoms with Crippen LogP contribution in [-0.2, 0) is 4.79 Å². The van der Waals surface area contributed by atoms with Crippen molar-refractivity contribution in [1.82, 2.24) is 5.32 Å². The van der Waals surface area contributed by atoms with Crippen LogP contribution in [0.1, 0.15) is 12.5 Å². The fraction of sp³-hybridized carbons (Fsp3) is 0.273. The molecule has 1 amide bonds. The highest BCUT2D eigenvalue weighted by Gasteiger charge is 2.03. The van der Waals surface area contributed by atoms with E-state index in [1.165, 1.54) is 12.1 Å². The van der Waals surface area contributed by atoms with Crippen molar-refractivity contribution in [2.75, 3.05) is 18.4 Å². The second-order valence-corrected chi connectivity index (χ2v) is 3.11. The highest BCUT2D eigenvalue weighted by molar-refractivity contribution is 5.80. The van der Waals surface area contributed by atoms with Crippen molar-refractivity contribution >= 4 is 11.6 Å². The molecular weight excluding hydrogens is 209 g/mol. The molecule has 0 heterocycles. The quantitative estimate of drug-likeness (QED) is 0.804. The Balaban J connectivity index is 2.59. The lowest BCUT2D eigenvalue weighted by molar-refractivity contribution is -0.119. The molecule has 0 aliphatic carbocycles. The number of likely N-dealkylation sites (N-methyl/N-ethyl adjacent to an activating group) is 1. The Morgan fingerprint density at radius 1 is 1.56 bits per heavy atom. The van der Waals surface area contributed by atoms with E-state index in [1.54, 1.807) is 12.1 Å². The first-order valence-electron chi connectivity index (χ1n) is 4.87. The molecule has 84 valence electrons. The zero-order valence-electron chi connectivity index (χ0n) is 8.88. The second-order valence-electron chi connectivity index (χ2n) is 3.11. The van der Waals surface area contributed by atoms with Crippen molar-refractivity contribution in [3.63, 3.8) is 0 Å². The van der Waals surface area contributed by atoms with Crippen molar-refractivity contribution in [2.45, 2.75) is 6.92 Å². The lowest BCUT2D eigenvalue weighted by Crippen LogP contribution is -2.29. The van der Waals surface area contributed by atoms with Crippen LogP contribution in [0.2, 0.25) is 0 Å². The van der Waals surface area contributed by atoms with Crippen LogP contribution in [-0.4, -0.2) is 19.0 Å². The molecule has 0 spiro atoms. The van der Waals surface area contributed by atoms with Gasteiger partial charge < -0.3 is 10.6 Å². The van der Waals surface area contributed by atoms with Crippen LogP contribution in [0.3, 0.4) is 0 Å². The van der Waals surface area contributed by atoms with Gasteiger partial charge in [-0.15, -0.1) is 0 Å². The molecule has 0 fully saturated rings. The standard InChI is InChI=1S/C11H12FN3O/c1-2-14-11(16)7-15-9-4-3-8(6-13)10(12)5-9/h3-5,15H,2,7H2,1H3,(H,14,16). The molecule has 0 radical (unpaired) electrons. The first kappa shape index (κ1) is 12.0. The molecule has 2 N–H and O–H groups in total. The Morgan fingerprint density at radius 3 is 2.88 bits per heavy atom. The largest absolute Gasteiger partial charge is 0.376 e. The van der Waals surface area contributed by atoms with Gasteiger partial charge in [0.2, 0.25) is 5.91 Å². The number of benzene rings is 1. The Labute approximate surface area is 93.1 Å². The third-order valence-electron chi connectivity index (χ3n) is 1.92. The summed E-state index contributed by atoms with van der Waals surface area (Å²) in [5, 5.41) is 13.9. The van der Waals surface area contributed by atoms with Gasteiger partial charge in [-0.05, 0) is 25.1 Å². The summed E-state index contributed by atoms with van der Waals surface area (Å²) in [5.41, 5.74) is 0.464. The SMILES string of the molecule is CCNC(=O)CNc1ccc(C#N)c(F)c1. The van der Waals surface area contributed by atoms with E-state index in [0.717, 1.165) is 0 Å². The number of halogens is 1. The predicted octanol–water partition coefficient (Wildman–Crippen LogP) is 1.25. The number of nitriles is 1. The number of anilines is 1. The molecule has 0 saturated carbocycles. The minimum Gasteiger partial charge on any atom is -0.376 e. The number of carbonyl (C=O) groups excluding carboxylic acids is 1. The molecule has 0 bridgehead atoms. The highest BCUT2D eigenvalue weighted by Crippen LogP contribution is 2.13. The molecule has 4 nitrogen and oxygen atoms in total. The van der Waals surface area contributed by atoms with Crippen LogP contribution in [0.25, 0.3) is 0 Å². The number of nitrogens with one attached hydrogen (secondary N) is 2. The fourth-order valence-corrected chi connectivity index (χ4v) is 1.16. The summed E-state index contributed by atoms with van der Waals surface area (Å²) in [5.74, 6) is -0.754. The van der Waals surface area contributed by atoms with Gasteiger partial charge in [0, 0.05) is 12.2 Å². The number of carbonyl (C=O) groups is 1. The van der Waals surface area contributed by atoms with Gasteiger partial charge in [0.05, 0.1) is 12.1 Å². The number of amides is 1. The molecular formula is C11H12FN3O. The van der Waals surface area contributed by atoms with Crippen molar-refractivity contribution < 1.29 is 9.18 Å². The van der Waals surface area contributed by atoms with Gasteiger partial charge in [-0.25, -0.2) is 4.39 Å². The Morgan fingerprint density at radius 2 is 2.31 bits per heavy atom. The van der Waals surface area contributed by atoms with Crippen LogP contribution in [0.5, 0.6) is 0 Å². The molecule has 0 aliphatic heterocycles. The fourth-order valence-electron chi connectivity index (χ4n) is 1.16. The summed E-state index contributed by atoms with van der Waals surface area (Å²) in [6.07, 6.45) is 0. The topological polar surface area (TPSA) is 64.9 Å². The van der Waals surface area contributed by atoms with E-state index in [2.05, 4.69) is 10.6 Å². The predicted molar refractivity (Wildman–Crippen MR) is 58.3 cm³/mol. The van der Waals surface area contributed by atoms with Crippen LogP contribution in [0.4, 0.5) is 10.1 Å². The normalized spacial score (nSPS) is 9.31. The summed E-state index contributed by atoms with van der Waals surface area (Å²) in [7, 11) is 0. The second kappa shape index (κ2) is 5.71. The van der Waals surface area contributed by atoms with Crippen LogP contribution >= 0.6 is 0 Å². The van der Waals surface area contributed by atoms with Gasteiger partial charge in [-0.2, -0.15) is 5.26 Å². The van der Waals surface area contributed by atoms with Gasteiger partial charge in [-0.1, -0.05) is 0 Å². The molecule has 0 saturated heterocycles. The van der Waals surface area contributed by atoms with Crippen molar-refractivity contribution in [3.8, 4) is 6.07 Å². The summed E-state index contributed by atoms with van der Waals surface area (Å²) in [6, 6.07) is 5.84. The van der Waals surface area contributed by atoms with Crippen molar-refractivity contribution in [1.29, 1.82) is 5.26 Å². The molecule has 0 aromatic heterocycles. The third-order valence-corrected chi connectivity index (χ3v) is 1.92. The number of rotatable bonds is 4. The molecule has 0 unspecified atom stereocenters. The summed E-state index contributed by atoms with van der Waals surface area (Å²) >= 11 is 0. The van der Waals surface area contributed by atoms with E-state index in [9.17, 15) is 9.18 Å². The number of nitrogens with zero attached hydrogens (tertiary/aromatic N) is 1. The van der Waals surface area contributed by atoms with E-state index in [-0.39, 0.29) is 18.0 Å². The summed E-state index contributed by atoms with van der Waals surface area (Å²) in [4.78, 5) is 11.1. The maximum absolute atomic E-state index is 13.2. The first-order valence-corrected chi connectivity index (χ1v) is 4.87. The van der Waals surface area contributed by atoms with Gasteiger partial charge in [-0.3, -0.25) is 4.79 Å². The molecule has 0 atom stereocenters. The lowest BCUT2D eigenvalue weighted by atomic mass is 10.2. The van der Waals surface area contributed by atoms with Crippen molar-refractivity contribution in [3.05, 3.63) is 29.6 Å². The van der Waals surface area contributed by atoms with E-state index in [4.69, 9.17) is 5.26 Å². The zero-order chi connectivity index (χ0) is 12.0. The lowest BCUT2D eigenvalue weighted by Gasteiger charge is -2.06. The van der Waals surface area contributed by atoms with Gasteiger partial charge >= 0.3 is 0 Å². The molecule has 16 heavy (non-hydrogen) atoms. The maximum Gasteiger partial charge on any atom is 0.239 e. The summed E-state index contributed by atoms with van der Waals surface area (Å²) < 4.78 is 13.2. The molecule has 1 aromatic rings. The number of hydrogen-bond donors (Lipinski definition) is 2. The molecule has 0 aliphatic rings. The first-order chi connectivity index (χ1) is 7.67. The Hall–Kier alpha value is -2.09. The van der Waals surface area contributed by atoms with Gasteiger partial charge in [0.15, 0.2) is 0 Å². The van der Waals surface area contributed by atoms with Crippen molar-refractivity contribution in [2.24, 2.45) is 0 Å². The Bertz CT molecular complexity index is 426. The monoisotopic (exact) mass is 221 g/mol. The van der Waals surface area contributed by atoms with E-state index in [0.29, 0.717) is 12.2 Å². The molecule has 1 rings (SSSR count). The smallest absolute Gasteiger partial charge is 0.239 e. The van der Waals surface area contributed by atoms with E-state index in [1.807, 2.05) is 6.92 Å². The van der Waals surface area contributed by atoms with Gasteiger partial charge in [0.1, 0.15) is 11.9 Å². The van der Waals surface area contributed by atoms with Crippen LogP contribution in [0, 0.1) is 17.1 Å². The minimum absolute atomic E-state index is 0.0106. The summed E-state index contributed by atoms with van der Waals surface area (Å²) in [6.45, 7) is 2.46. The third kappa shape index (κ3) is 3.24. The highest BCUT2D eigenvalue weighted by atomic mass is 19.1. The van der Waals surface area contributed by atoms with Crippen LogP contribution < -0.4 is 10.6 Å². The zero-order valence-corrected chi connectivity index (χ0v) is 8.88. The molecule has 1 aromatic carbocycles. The van der Waals surface area contributed by atoms with Crippen LogP contribution in [0.15, 0.2) is 18.2 Å². The maximum atomic E-state index is 13.2. The Kier molecular flexibility index (Phi) is 4.28.